The first kappa shape index (κ1) is 8.13. The fraction of sp³-hybridized carbons (Fsp3) is 0.200. The Kier molecular flexibility index (Phi) is 1.94. The van der Waals surface area contributed by atoms with Gasteiger partial charge in [-0.1, -0.05) is 0 Å². The van der Waals surface area contributed by atoms with Crippen molar-refractivity contribution < 1.29 is 9.15 Å². The van der Waals surface area contributed by atoms with E-state index in [4.69, 9.17) is 14.9 Å². The van der Waals surface area contributed by atoms with Crippen LogP contribution in [0.4, 0.5) is 0 Å². The van der Waals surface area contributed by atoms with Gasteiger partial charge < -0.3 is 14.9 Å². The van der Waals surface area contributed by atoms with Gasteiger partial charge in [0.05, 0.1) is 13.4 Å². The molecule has 3 nitrogen and oxygen atoms in total. The van der Waals surface area contributed by atoms with Crippen molar-refractivity contribution >= 4 is 11.0 Å². The Hall–Kier alpha value is -1.48. The zero-order valence-electron chi connectivity index (χ0n) is 7.41. The van der Waals surface area contributed by atoms with Crippen molar-refractivity contribution in [2.45, 2.75) is 6.54 Å². The molecule has 0 aliphatic rings. The van der Waals surface area contributed by atoms with Crippen molar-refractivity contribution in [3.63, 3.8) is 0 Å². The summed E-state index contributed by atoms with van der Waals surface area (Å²) in [4.78, 5) is 0. The highest BCUT2D eigenvalue weighted by atomic mass is 16.5. The fourth-order valence-electron chi connectivity index (χ4n) is 1.35. The summed E-state index contributed by atoms with van der Waals surface area (Å²) in [6.45, 7) is 0.499. The molecule has 0 bridgehead atoms. The van der Waals surface area contributed by atoms with E-state index in [2.05, 4.69) is 0 Å². The molecular formula is C10H11NO2. The van der Waals surface area contributed by atoms with Gasteiger partial charge in [0.2, 0.25) is 0 Å². The number of methoxy groups -OCH3 is 1. The molecule has 1 aromatic heterocycles. The molecule has 0 radical (unpaired) electrons. The highest BCUT2D eigenvalue weighted by molar-refractivity contribution is 5.82. The van der Waals surface area contributed by atoms with Crippen LogP contribution in [0.1, 0.15) is 5.56 Å². The number of ether oxygens (including phenoxy) is 1. The average Bonchev–Trinajstić information content (AvgIpc) is 2.59. The third-order valence-corrected chi connectivity index (χ3v) is 2.08. The molecule has 2 N–H and O–H groups in total. The number of furan rings is 1. The lowest BCUT2D eigenvalue weighted by Gasteiger charge is -1.98. The minimum absolute atomic E-state index is 0.499. The quantitative estimate of drug-likeness (QED) is 0.762. The number of fused-ring (bicyclic) bond motifs is 1. The SMILES string of the molecule is COc1ccc2c(CN)coc2c1. The van der Waals surface area contributed by atoms with Gasteiger partial charge in [-0.05, 0) is 12.1 Å². The number of rotatable bonds is 2. The summed E-state index contributed by atoms with van der Waals surface area (Å²) in [6.07, 6.45) is 1.68. The van der Waals surface area contributed by atoms with E-state index < -0.39 is 0 Å². The van der Waals surface area contributed by atoms with Gasteiger partial charge in [-0.15, -0.1) is 0 Å². The number of nitrogens with two attached hydrogens (primary N) is 1. The van der Waals surface area contributed by atoms with Crippen LogP contribution in [-0.4, -0.2) is 7.11 Å². The molecule has 68 valence electrons. The summed E-state index contributed by atoms with van der Waals surface area (Å²) in [5.74, 6) is 0.797. The van der Waals surface area contributed by atoms with E-state index in [9.17, 15) is 0 Å². The smallest absolute Gasteiger partial charge is 0.137 e. The monoisotopic (exact) mass is 177 g/mol. The molecule has 0 unspecified atom stereocenters. The van der Waals surface area contributed by atoms with Gasteiger partial charge in [-0.25, -0.2) is 0 Å². The molecule has 13 heavy (non-hydrogen) atoms. The molecule has 0 aliphatic heterocycles. The van der Waals surface area contributed by atoms with Crippen molar-refractivity contribution in [1.29, 1.82) is 0 Å². The maximum Gasteiger partial charge on any atom is 0.137 e. The second-order valence-electron chi connectivity index (χ2n) is 2.83. The van der Waals surface area contributed by atoms with Crippen molar-refractivity contribution in [1.82, 2.24) is 0 Å². The first-order chi connectivity index (χ1) is 6.35. The van der Waals surface area contributed by atoms with E-state index in [0.717, 1.165) is 22.3 Å². The molecule has 0 amide bonds. The Balaban J connectivity index is 2.61. The summed E-state index contributed by atoms with van der Waals surface area (Å²) in [5.41, 5.74) is 7.38. The van der Waals surface area contributed by atoms with Crippen LogP contribution in [0.15, 0.2) is 28.9 Å². The zero-order chi connectivity index (χ0) is 9.26. The zero-order valence-corrected chi connectivity index (χ0v) is 7.41. The maximum atomic E-state index is 5.54. The molecule has 0 spiro atoms. The molecular weight excluding hydrogens is 166 g/mol. The minimum Gasteiger partial charge on any atom is -0.497 e. The van der Waals surface area contributed by atoms with Crippen molar-refractivity contribution in [3.05, 3.63) is 30.0 Å². The van der Waals surface area contributed by atoms with Crippen LogP contribution >= 0.6 is 0 Å². The molecule has 0 saturated heterocycles. The lowest BCUT2D eigenvalue weighted by molar-refractivity contribution is 0.414. The Bertz CT molecular complexity index is 420. The molecule has 0 atom stereocenters. The standard InChI is InChI=1S/C10H11NO2/c1-12-8-2-3-9-7(5-11)6-13-10(9)4-8/h2-4,6H,5,11H2,1H3. The second-order valence-corrected chi connectivity index (χ2v) is 2.83. The van der Waals surface area contributed by atoms with E-state index in [-0.39, 0.29) is 0 Å². The van der Waals surface area contributed by atoms with Gasteiger partial charge in [0.25, 0.3) is 0 Å². The molecule has 2 aromatic rings. The Morgan fingerprint density at radius 1 is 1.46 bits per heavy atom. The van der Waals surface area contributed by atoms with Crippen LogP contribution in [0.5, 0.6) is 5.75 Å². The lowest BCUT2D eigenvalue weighted by atomic mass is 10.2. The first-order valence-electron chi connectivity index (χ1n) is 4.09. The topological polar surface area (TPSA) is 48.4 Å². The lowest BCUT2D eigenvalue weighted by Crippen LogP contribution is -1.93. The van der Waals surface area contributed by atoms with Gasteiger partial charge in [0.1, 0.15) is 11.3 Å². The Labute approximate surface area is 76.1 Å². The predicted octanol–water partition coefficient (Wildman–Crippen LogP) is 1.90. The molecule has 2 rings (SSSR count). The van der Waals surface area contributed by atoms with Crippen LogP contribution in [0.3, 0.4) is 0 Å². The molecule has 0 fully saturated rings. The summed E-state index contributed by atoms with van der Waals surface area (Å²) >= 11 is 0. The van der Waals surface area contributed by atoms with Gasteiger partial charge in [-0.3, -0.25) is 0 Å². The third-order valence-electron chi connectivity index (χ3n) is 2.08. The van der Waals surface area contributed by atoms with Crippen LogP contribution in [-0.2, 0) is 6.54 Å². The van der Waals surface area contributed by atoms with Crippen LogP contribution in [0.25, 0.3) is 11.0 Å². The summed E-state index contributed by atoms with van der Waals surface area (Å²) in [5, 5.41) is 1.06. The largest absolute Gasteiger partial charge is 0.497 e. The Morgan fingerprint density at radius 2 is 2.31 bits per heavy atom. The van der Waals surface area contributed by atoms with Crippen LogP contribution in [0, 0.1) is 0 Å². The normalized spacial score (nSPS) is 10.6. The van der Waals surface area contributed by atoms with E-state index in [1.165, 1.54) is 0 Å². The molecule has 3 heteroatoms. The minimum atomic E-state index is 0.499. The van der Waals surface area contributed by atoms with Crippen molar-refractivity contribution in [2.24, 2.45) is 5.73 Å². The molecule has 0 aliphatic carbocycles. The second kappa shape index (κ2) is 3.11. The van der Waals surface area contributed by atoms with Gasteiger partial charge in [-0.2, -0.15) is 0 Å². The first-order valence-corrected chi connectivity index (χ1v) is 4.09. The molecule has 1 heterocycles. The van der Waals surface area contributed by atoms with E-state index in [0.29, 0.717) is 6.54 Å². The van der Waals surface area contributed by atoms with Gasteiger partial charge >= 0.3 is 0 Å². The fourth-order valence-corrected chi connectivity index (χ4v) is 1.35. The average molecular weight is 177 g/mol. The number of benzene rings is 1. The molecule has 1 aromatic carbocycles. The highest BCUT2D eigenvalue weighted by Crippen LogP contribution is 2.24. The van der Waals surface area contributed by atoms with Crippen LogP contribution < -0.4 is 10.5 Å². The van der Waals surface area contributed by atoms with E-state index >= 15 is 0 Å². The van der Waals surface area contributed by atoms with Crippen molar-refractivity contribution in [3.8, 4) is 5.75 Å². The van der Waals surface area contributed by atoms with Gasteiger partial charge in [0.15, 0.2) is 0 Å². The van der Waals surface area contributed by atoms with E-state index in [1.807, 2.05) is 18.2 Å². The van der Waals surface area contributed by atoms with Crippen LogP contribution in [0.2, 0.25) is 0 Å². The summed E-state index contributed by atoms with van der Waals surface area (Å²) in [7, 11) is 1.63. The maximum absolute atomic E-state index is 5.54. The highest BCUT2D eigenvalue weighted by Gasteiger charge is 2.04. The number of hydrogen-bond donors (Lipinski definition) is 1. The Morgan fingerprint density at radius 3 is 3.00 bits per heavy atom. The van der Waals surface area contributed by atoms with Crippen molar-refractivity contribution in [2.75, 3.05) is 7.11 Å². The molecule has 0 saturated carbocycles. The predicted molar refractivity (Wildman–Crippen MR) is 50.7 cm³/mol. The number of hydrogen-bond acceptors (Lipinski definition) is 3. The summed E-state index contributed by atoms with van der Waals surface area (Å²) < 4.78 is 10.4. The third kappa shape index (κ3) is 1.27. The van der Waals surface area contributed by atoms with E-state index in [1.54, 1.807) is 13.4 Å². The van der Waals surface area contributed by atoms with Gasteiger partial charge in [0, 0.05) is 23.6 Å². The summed E-state index contributed by atoms with van der Waals surface area (Å²) in [6, 6.07) is 5.71.